The van der Waals surface area contributed by atoms with Gasteiger partial charge in [-0.1, -0.05) is 54.6 Å². The molecular weight excluding hydrogens is 442 g/mol. The Morgan fingerprint density at radius 1 is 0.971 bits per heavy atom. The van der Waals surface area contributed by atoms with Crippen molar-refractivity contribution >= 4 is 28.9 Å². The number of nitrogens with zero attached hydrogens (tertiary/aromatic N) is 3. The predicted molar refractivity (Wildman–Crippen MR) is 133 cm³/mol. The van der Waals surface area contributed by atoms with Gasteiger partial charge in [-0.2, -0.15) is 0 Å². The zero-order chi connectivity index (χ0) is 24.4. The maximum atomic E-state index is 14.0. The molecule has 5 rings (SSSR count). The van der Waals surface area contributed by atoms with Crippen molar-refractivity contribution in [1.29, 1.82) is 0 Å². The number of anilines is 1. The number of esters is 1. The van der Waals surface area contributed by atoms with E-state index in [-0.39, 0.29) is 12.5 Å². The highest BCUT2D eigenvalue weighted by molar-refractivity contribution is 6.08. The summed E-state index contributed by atoms with van der Waals surface area (Å²) in [6.07, 6.45) is 0.637. The van der Waals surface area contributed by atoms with Crippen molar-refractivity contribution in [3.63, 3.8) is 0 Å². The lowest BCUT2D eigenvalue weighted by atomic mass is 9.89. The van der Waals surface area contributed by atoms with Crippen molar-refractivity contribution in [2.45, 2.75) is 19.4 Å². The first-order chi connectivity index (χ1) is 17.1. The summed E-state index contributed by atoms with van der Waals surface area (Å²) < 4.78 is 12.7. The number of benzene rings is 3. The quantitative estimate of drug-likeness (QED) is 0.296. The third-order valence-corrected chi connectivity index (χ3v) is 6.41. The van der Waals surface area contributed by atoms with Gasteiger partial charge in [-0.05, 0) is 48.7 Å². The van der Waals surface area contributed by atoms with Crippen molar-refractivity contribution < 1.29 is 19.1 Å². The molecule has 7 nitrogen and oxygen atoms in total. The fourth-order valence-corrected chi connectivity index (χ4v) is 4.75. The zero-order valence-electron chi connectivity index (χ0n) is 19.8. The van der Waals surface area contributed by atoms with Gasteiger partial charge >= 0.3 is 5.97 Å². The lowest BCUT2D eigenvalue weighted by molar-refractivity contribution is -0.153. The van der Waals surface area contributed by atoms with E-state index in [1.54, 1.807) is 18.9 Å². The van der Waals surface area contributed by atoms with Crippen LogP contribution < -0.4 is 9.64 Å². The van der Waals surface area contributed by atoms with Crippen LogP contribution in [0.1, 0.15) is 24.1 Å². The summed E-state index contributed by atoms with van der Waals surface area (Å²) in [6.45, 7) is 2.34. The number of methoxy groups -OCH3 is 1. The minimum Gasteiger partial charge on any atom is -0.497 e. The molecule has 2 heterocycles. The molecule has 0 N–H and O–H groups in total. The zero-order valence-corrected chi connectivity index (χ0v) is 19.8. The Morgan fingerprint density at radius 2 is 1.69 bits per heavy atom. The lowest BCUT2D eigenvalue weighted by Crippen LogP contribution is -2.50. The highest BCUT2D eigenvalue weighted by Crippen LogP contribution is 2.41. The van der Waals surface area contributed by atoms with Gasteiger partial charge in [-0.15, -0.1) is 0 Å². The van der Waals surface area contributed by atoms with Gasteiger partial charge in [-0.25, -0.2) is 4.98 Å². The minimum atomic E-state index is -1.04. The lowest BCUT2D eigenvalue weighted by Gasteiger charge is -2.38. The van der Waals surface area contributed by atoms with Crippen molar-refractivity contribution in [2.75, 3.05) is 25.2 Å². The van der Waals surface area contributed by atoms with Crippen LogP contribution in [-0.2, 0) is 20.7 Å². The SMILES string of the molecule is CCOC(=O)[C@@H]1C(=O)N(CCc2ccccc2)c2nc3ccccc3n2[C@@H]1c1ccc(OC)cc1. The Labute approximate surface area is 203 Å². The molecule has 4 aromatic rings. The number of aromatic nitrogens is 2. The first-order valence-corrected chi connectivity index (χ1v) is 11.7. The normalized spacial score (nSPS) is 17.3. The Hall–Kier alpha value is -4.13. The fraction of sp³-hybridized carbons (Fsp3) is 0.250. The van der Waals surface area contributed by atoms with Gasteiger partial charge in [0.15, 0.2) is 5.92 Å². The van der Waals surface area contributed by atoms with E-state index in [1.807, 2.05) is 83.4 Å². The molecule has 7 heteroatoms. The number of fused-ring (bicyclic) bond motifs is 3. The molecule has 1 aliphatic heterocycles. The van der Waals surface area contributed by atoms with Crippen LogP contribution in [-0.4, -0.2) is 41.7 Å². The number of amides is 1. The molecule has 0 bridgehead atoms. The maximum Gasteiger partial charge on any atom is 0.321 e. The molecule has 178 valence electrons. The van der Waals surface area contributed by atoms with Crippen LogP contribution in [0.5, 0.6) is 5.75 Å². The van der Waals surface area contributed by atoms with E-state index in [1.165, 1.54) is 0 Å². The molecule has 1 aromatic heterocycles. The Kier molecular flexibility index (Phi) is 6.23. The van der Waals surface area contributed by atoms with E-state index in [9.17, 15) is 9.59 Å². The van der Waals surface area contributed by atoms with Crippen molar-refractivity contribution in [3.8, 4) is 5.75 Å². The second-order valence-electron chi connectivity index (χ2n) is 8.44. The molecule has 35 heavy (non-hydrogen) atoms. The van der Waals surface area contributed by atoms with Gasteiger partial charge in [0.1, 0.15) is 5.75 Å². The average molecular weight is 470 g/mol. The van der Waals surface area contributed by atoms with Gasteiger partial charge in [0.25, 0.3) is 0 Å². The Bertz CT molecular complexity index is 1350. The average Bonchev–Trinajstić information content (AvgIpc) is 3.27. The van der Waals surface area contributed by atoms with Gasteiger partial charge in [0.05, 0.1) is 30.8 Å². The number of ether oxygens (including phenoxy) is 2. The predicted octanol–water partition coefficient (Wildman–Crippen LogP) is 4.40. The van der Waals surface area contributed by atoms with Crippen LogP contribution in [0.4, 0.5) is 5.95 Å². The number of carbonyl (C=O) groups is 2. The van der Waals surface area contributed by atoms with Crippen LogP contribution in [0.15, 0.2) is 78.9 Å². The van der Waals surface area contributed by atoms with Crippen LogP contribution in [0.25, 0.3) is 11.0 Å². The van der Waals surface area contributed by atoms with Crippen LogP contribution >= 0.6 is 0 Å². The number of hydrogen-bond donors (Lipinski definition) is 0. The van der Waals surface area contributed by atoms with Crippen molar-refractivity contribution in [3.05, 3.63) is 90.0 Å². The summed E-state index contributed by atoms with van der Waals surface area (Å²) in [5.41, 5.74) is 3.54. The second-order valence-corrected chi connectivity index (χ2v) is 8.44. The van der Waals surface area contributed by atoms with Crippen molar-refractivity contribution in [2.24, 2.45) is 5.92 Å². The van der Waals surface area contributed by atoms with Crippen LogP contribution in [0, 0.1) is 5.92 Å². The summed E-state index contributed by atoms with van der Waals surface area (Å²) in [5.74, 6) is -0.643. The number of hydrogen-bond acceptors (Lipinski definition) is 5. The van der Waals surface area contributed by atoms with Crippen LogP contribution in [0.3, 0.4) is 0 Å². The topological polar surface area (TPSA) is 73.7 Å². The molecule has 1 amide bonds. The van der Waals surface area contributed by atoms with E-state index in [0.29, 0.717) is 24.7 Å². The monoisotopic (exact) mass is 469 g/mol. The molecule has 2 atom stereocenters. The number of para-hydroxylation sites is 2. The molecule has 0 unspecified atom stereocenters. The molecule has 3 aromatic carbocycles. The standard InChI is InChI=1S/C28H27N3O4/c1-3-35-27(33)24-25(20-13-15-21(34-2)16-14-20)31-23-12-8-7-11-22(23)29-28(31)30(26(24)32)18-17-19-9-5-4-6-10-19/h4-16,24-25H,3,17-18H2,1-2H3/t24-,25+/m0/s1. The molecule has 1 aliphatic rings. The molecule has 0 radical (unpaired) electrons. The summed E-state index contributed by atoms with van der Waals surface area (Å²) in [5, 5.41) is 0. The van der Waals surface area contributed by atoms with E-state index in [2.05, 4.69) is 0 Å². The summed E-state index contributed by atoms with van der Waals surface area (Å²) in [6, 6.07) is 24.6. The summed E-state index contributed by atoms with van der Waals surface area (Å²) >= 11 is 0. The Balaban J connectivity index is 1.67. The van der Waals surface area contributed by atoms with Gasteiger partial charge in [0.2, 0.25) is 11.9 Å². The van der Waals surface area contributed by atoms with Crippen LogP contribution in [0.2, 0.25) is 0 Å². The largest absolute Gasteiger partial charge is 0.497 e. The summed E-state index contributed by atoms with van der Waals surface area (Å²) in [7, 11) is 1.60. The molecule has 0 saturated carbocycles. The summed E-state index contributed by atoms with van der Waals surface area (Å²) in [4.78, 5) is 33.7. The first-order valence-electron chi connectivity index (χ1n) is 11.7. The number of rotatable bonds is 7. The van der Waals surface area contributed by atoms with Gasteiger partial charge in [-0.3, -0.25) is 14.5 Å². The smallest absolute Gasteiger partial charge is 0.321 e. The van der Waals surface area contributed by atoms with E-state index in [4.69, 9.17) is 14.5 Å². The third-order valence-electron chi connectivity index (χ3n) is 6.41. The Morgan fingerprint density at radius 3 is 2.40 bits per heavy atom. The molecular formula is C28H27N3O4. The highest BCUT2D eigenvalue weighted by Gasteiger charge is 2.47. The van der Waals surface area contributed by atoms with E-state index in [0.717, 1.165) is 22.2 Å². The first kappa shape index (κ1) is 22.7. The fourth-order valence-electron chi connectivity index (χ4n) is 4.75. The minimum absolute atomic E-state index is 0.194. The number of carbonyl (C=O) groups excluding carboxylic acids is 2. The maximum absolute atomic E-state index is 14.0. The number of imidazole rings is 1. The second kappa shape index (κ2) is 9.62. The van der Waals surface area contributed by atoms with Crippen molar-refractivity contribution in [1.82, 2.24) is 9.55 Å². The molecule has 0 saturated heterocycles. The third kappa shape index (κ3) is 4.14. The molecule has 0 aliphatic carbocycles. The molecule has 0 spiro atoms. The van der Waals surface area contributed by atoms with Gasteiger partial charge < -0.3 is 14.0 Å². The van der Waals surface area contributed by atoms with E-state index < -0.39 is 17.9 Å². The highest BCUT2D eigenvalue weighted by atomic mass is 16.5. The van der Waals surface area contributed by atoms with E-state index >= 15 is 0 Å². The van der Waals surface area contributed by atoms with Gasteiger partial charge in [0, 0.05) is 6.54 Å². The molecule has 0 fully saturated rings.